The number of aromatic nitrogens is 1. The Morgan fingerprint density at radius 2 is 2.17 bits per heavy atom. The van der Waals surface area contributed by atoms with Crippen LogP contribution in [0.2, 0.25) is 0 Å². The van der Waals surface area contributed by atoms with Crippen LogP contribution in [0.1, 0.15) is 31.7 Å². The summed E-state index contributed by atoms with van der Waals surface area (Å²) in [5, 5.41) is 3.63. The fourth-order valence-corrected chi connectivity index (χ4v) is 2.57. The highest BCUT2D eigenvalue weighted by Gasteiger charge is 2.13. The van der Waals surface area contributed by atoms with Crippen molar-refractivity contribution in [3.63, 3.8) is 0 Å². The monoisotopic (exact) mass is 247 g/mol. The minimum Gasteiger partial charge on any atom is -0.314 e. The number of pyridine rings is 1. The molecule has 0 radical (unpaired) electrons. The third-order valence-corrected chi connectivity index (χ3v) is 3.84. The molecule has 1 fully saturated rings. The molecule has 18 heavy (non-hydrogen) atoms. The molecule has 1 aliphatic rings. The van der Waals surface area contributed by atoms with Crippen LogP contribution in [-0.4, -0.2) is 42.1 Å². The smallest absolute Gasteiger partial charge is 0.0270 e. The molecule has 1 atom stereocenters. The van der Waals surface area contributed by atoms with Gasteiger partial charge < -0.3 is 10.2 Å². The molecule has 3 nitrogen and oxygen atoms in total. The van der Waals surface area contributed by atoms with E-state index in [2.05, 4.69) is 34.3 Å². The highest BCUT2D eigenvalue weighted by molar-refractivity contribution is 5.09. The fraction of sp³-hybridized carbons (Fsp3) is 0.667. The second kappa shape index (κ2) is 7.49. The Labute approximate surface area is 111 Å². The molecule has 1 aromatic heterocycles. The average molecular weight is 247 g/mol. The Morgan fingerprint density at radius 3 is 2.94 bits per heavy atom. The molecule has 0 spiro atoms. The second-order valence-corrected chi connectivity index (χ2v) is 5.15. The summed E-state index contributed by atoms with van der Waals surface area (Å²) >= 11 is 0. The molecule has 2 rings (SSSR count). The van der Waals surface area contributed by atoms with E-state index in [1.165, 1.54) is 51.0 Å². The SMILES string of the molecule is CCC1CCN(CCc2ccncc2)CCCN1. The van der Waals surface area contributed by atoms with Crippen LogP contribution in [0.3, 0.4) is 0 Å². The summed E-state index contributed by atoms with van der Waals surface area (Å²) in [5.74, 6) is 0. The summed E-state index contributed by atoms with van der Waals surface area (Å²) in [6.07, 6.45) is 8.73. The van der Waals surface area contributed by atoms with Crippen molar-refractivity contribution in [3.05, 3.63) is 30.1 Å². The van der Waals surface area contributed by atoms with Gasteiger partial charge in [0.25, 0.3) is 0 Å². The van der Waals surface area contributed by atoms with Crippen LogP contribution in [0.15, 0.2) is 24.5 Å². The molecule has 0 aliphatic carbocycles. The van der Waals surface area contributed by atoms with E-state index in [9.17, 15) is 0 Å². The number of hydrogen-bond donors (Lipinski definition) is 1. The first-order chi connectivity index (χ1) is 8.88. The van der Waals surface area contributed by atoms with Gasteiger partial charge >= 0.3 is 0 Å². The zero-order valence-corrected chi connectivity index (χ0v) is 11.4. The maximum atomic E-state index is 4.07. The highest BCUT2D eigenvalue weighted by Crippen LogP contribution is 2.07. The van der Waals surface area contributed by atoms with Crippen LogP contribution in [-0.2, 0) is 6.42 Å². The number of nitrogens with zero attached hydrogens (tertiary/aromatic N) is 2. The zero-order valence-electron chi connectivity index (χ0n) is 11.4. The minimum absolute atomic E-state index is 0.716. The molecule has 0 bridgehead atoms. The van der Waals surface area contributed by atoms with Gasteiger partial charge in [0, 0.05) is 25.0 Å². The quantitative estimate of drug-likeness (QED) is 0.883. The molecule has 1 aromatic rings. The second-order valence-electron chi connectivity index (χ2n) is 5.15. The van der Waals surface area contributed by atoms with E-state index in [-0.39, 0.29) is 0 Å². The Balaban J connectivity index is 1.77. The first kappa shape index (κ1) is 13.5. The Kier molecular flexibility index (Phi) is 5.62. The molecule has 0 amide bonds. The summed E-state index contributed by atoms with van der Waals surface area (Å²) in [4.78, 5) is 6.68. The van der Waals surface area contributed by atoms with Gasteiger partial charge in [0.1, 0.15) is 0 Å². The maximum Gasteiger partial charge on any atom is 0.0270 e. The molecule has 100 valence electrons. The molecule has 1 unspecified atom stereocenters. The first-order valence-corrected chi connectivity index (χ1v) is 7.23. The summed E-state index contributed by atoms with van der Waals surface area (Å²) in [6, 6.07) is 4.97. The summed E-state index contributed by atoms with van der Waals surface area (Å²) in [6.45, 7) is 7.09. The predicted octanol–water partition coefficient (Wildman–Crippen LogP) is 2.09. The van der Waals surface area contributed by atoms with Crippen LogP contribution in [0, 0.1) is 0 Å². The van der Waals surface area contributed by atoms with Gasteiger partial charge in [0.2, 0.25) is 0 Å². The van der Waals surface area contributed by atoms with Gasteiger partial charge in [0.15, 0.2) is 0 Å². The van der Waals surface area contributed by atoms with Crippen molar-refractivity contribution in [2.24, 2.45) is 0 Å². The maximum absolute atomic E-state index is 4.07. The first-order valence-electron chi connectivity index (χ1n) is 7.23. The number of nitrogens with one attached hydrogen (secondary N) is 1. The van der Waals surface area contributed by atoms with Crippen molar-refractivity contribution in [3.8, 4) is 0 Å². The van der Waals surface area contributed by atoms with Gasteiger partial charge in [-0.25, -0.2) is 0 Å². The van der Waals surface area contributed by atoms with E-state index in [0.29, 0.717) is 6.04 Å². The lowest BCUT2D eigenvalue weighted by Crippen LogP contribution is -2.40. The van der Waals surface area contributed by atoms with Gasteiger partial charge in [0.05, 0.1) is 0 Å². The van der Waals surface area contributed by atoms with Crippen LogP contribution in [0.25, 0.3) is 0 Å². The van der Waals surface area contributed by atoms with Gasteiger partial charge in [-0.1, -0.05) is 6.92 Å². The third kappa shape index (κ3) is 4.39. The molecular weight excluding hydrogens is 222 g/mol. The molecule has 1 aliphatic heterocycles. The lowest BCUT2D eigenvalue weighted by molar-refractivity contribution is 0.234. The summed E-state index contributed by atoms with van der Waals surface area (Å²) in [7, 11) is 0. The van der Waals surface area contributed by atoms with Gasteiger partial charge in [-0.3, -0.25) is 4.98 Å². The summed E-state index contributed by atoms with van der Waals surface area (Å²) in [5.41, 5.74) is 1.40. The largest absolute Gasteiger partial charge is 0.314 e. The average Bonchev–Trinajstić information content (AvgIpc) is 2.39. The molecule has 0 saturated carbocycles. The van der Waals surface area contributed by atoms with Crippen molar-refractivity contribution < 1.29 is 0 Å². The number of hydrogen-bond acceptors (Lipinski definition) is 3. The topological polar surface area (TPSA) is 28.2 Å². The van der Waals surface area contributed by atoms with Crippen LogP contribution in [0.4, 0.5) is 0 Å². The van der Waals surface area contributed by atoms with Crippen molar-refractivity contribution in [2.75, 3.05) is 26.2 Å². The van der Waals surface area contributed by atoms with E-state index in [1.807, 2.05) is 12.4 Å². The minimum atomic E-state index is 0.716. The number of rotatable bonds is 4. The van der Waals surface area contributed by atoms with Gasteiger partial charge in [-0.15, -0.1) is 0 Å². The van der Waals surface area contributed by atoms with E-state index in [1.54, 1.807) is 0 Å². The van der Waals surface area contributed by atoms with Gasteiger partial charge in [-0.2, -0.15) is 0 Å². The summed E-state index contributed by atoms with van der Waals surface area (Å²) < 4.78 is 0. The molecule has 1 N–H and O–H groups in total. The Morgan fingerprint density at radius 1 is 1.33 bits per heavy atom. The fourth-order valence-electron chi connectivity index (χ4n) is 2.57. The van der Waals surface area contributed by atoms with Crippen molar-refractivity contribution in [1.82, 2.24) is 15.2 Å². The molecule has 2 heterocycles. The Hall–Kier alpha value is -0.930. The standard InChI is InChI=1S/C15H25N3/c1-2-15-7-13-18(11-3-8-17-15)12-6-14-4-9-16-10-5-14/h4-5,9-10,15,17H,2-3,6-8,11-13H2,1H3. The molecule has 3 heteroatoms. The molecule has 1 saturated heterocycles. The van der Waals surface area contributed by atoms with E-state index in [0.717, 1.165) is 6.42 Å². The lowest BCUT2D eigenvalue weighted by Gasteiger charge is -2.28. The van der Waals surface area contributed by atoms with Crippen LogP contribution in [0.5, 0.6) is 0 Å². The molecule has 0 aromatic carbocycles. The van der Waals surface area contributed by atoms with Crippen LogP contribution < -0.4 is 5.32 Å². The lowest BCUT2D eigenvalue weighted by atomic mass is 10.1. The Bertz CT molecular complexity index is 326. The van der Waals surface area contributed by atoms with Crippen molar-refractivity contribution in [1.29, 1.82) is 0 Å². The van der Waals surface area contributed by atoms with E-state index in [4.69, 9.17) is 0 Å². The van der Waals surface area contributed by atoms with Crippen molar-refractivity contribution >= 4 is 0 Å². The van der Waals surface area contributed by atoms with E-state index < -0.39 is 0 Å². The van der Waals surface area contributed by atoms with Crippen LogP contribution >= 0.6 is 0 Å². The van der Waals surface area contributed by atoms with E-state index >= 15 is 0 Å². The molecular formula is C15H25N3. The zero-order chi connectivity index (χ0) is 12.6. The normalized spacial score (nSPS) is 22.4. The van der Waals surface area contributed by atoms with Crippen molar-refractivity contribution in [2.45, 2.75) is 38.6 Å². The predicted molar refractivity (Wildman–Crippen MR) is 75.7 cm³/mol. The third-order valence-electron chi connectivity index (χ3n) is 3.84. The highest BCUT2D eigenvalue weighted by atomic mass is 15.1. The van der Waals surface area contributed by atoms with Gasteiger partial charge in [-0.05, 0) is 63.0 Å².